The predicted molar refractivity (Wildman–Crippen MR) is 72.8 cm³/mol. The quantitative estimate of drug-likeness (QED) is 0.793. The van der Waals surface area contributed by atoms with Crippen LogP contribution < -0.4 is 14.8 Å². The smallest absolute Gasteiger partial charge is 0.325 e. The Labute approximate surface area is 113 Å². The van der Waals surface area contributed by atoms with E-state index in [1.165, 1.54) is 7.11 Å². The number of carbonyl (C=O) groups is 1. The molecule has 0 aliphatic carbocycles. The highest BCUT2D eigenvalue weighted by Crippen LogP contribution is 2.30. The molecule has 0 aliphatic rings. The van der Waals surface area contributed by atoms with Crippen LogP contribution in [0.5, 0.6) is 11.5 Å². The number of carboxylic acid groups (broad SMARTS) is 1. The van der Waals surface area contributed by atoms with Gasteiger partial charge in [-0.1, -0.05) is 6.92 Å². The Morgan fingerprint density at radius 3 is 2.53 bits per heavy atom. The highest BCUT2D eigenvalue weighted by molar-refractivity contribution is 5.77. The summed E-state index contributed by atoms with van der Waals surface area (Å²) in [6.45, 7) is 3.95. The summed E-state index contributed by atoms with van der Waals surface area (Å²) in [7, 11) is 3.07. The van der Waals surface area contributed by atoms with Crippen LogP contribution in [0.15, 0.2) is 18.2 Å². The topological polar surface area (TPSA) is 67.8 Å². The number of aliphatic carboxylic acids is 1. The molecule has 2 N–H and O–H groups in total. The molecule has 0 radical (unpaired) electrons. The number of hydrogen-bond donors (Lipinski definition) is 2. The summed E-state index contributed by atoms with van der Waals surface area (Å²) in [5.74, 6) is 0.208. The van der Waals surface area contributed by atoms with Crippen LogP contribution >= 0.6 is 0 Å². The largest absolute Gasteiger partial charge is 0.497 e. The number of carboxylic acids is 1. The first-order valence-electron chi connectivity index (χ1n) is 6.24. The highest BCUT2D eigenvalue weighted by Gasteiger charge is 2.24. The van der Waals surface area contributed by atoms with E-state index in [4.69, 9.17) is 9.47 Å². The molecule has 0 aliphatic heterocycles. The molecule has 1 rings (SSSR count). The van der Waals surface area contributed by atoms with Crippen molar-refractivity contribution in [3.05, 3.63) is 23.8 Å². The minimum Gasteiger partial charge on any atom is -0.497 e. The Morgan fingerprint density at radius 2 is 2.05 bits per heavy atom. The second kappa shape index (κ2) is 6.99. The van der Waals surface area contributed by atoms with E-state index in [0.29, 0.717) is 17.1 Å². The third kappa shape index (κ3) is 3.86. The molecule has 0 saturated carbocycles. The third-order valence-electron chi connectivity index (χ3n) is 3.06. The third-order valence-corrected chi connectivity index (χ3v) is 3.06. The summed E-state index contributed by atoms with van der Waals surface area (Å²) in [5.41, 5.74) is 0.594. The van der Waals surface area contributed by atoms with Crippen LogP contribution in [0.1, 0.15) is 31.9 Å². The predicted octanol–water partition coefficient (Wildman–Crippen LogP) is 2.22. The Hall–Kier alpha value is -1.75. The van der Waals surface area contributed by atoms with E-state index < -0.39 is 12.0 Å². The lowest BCUT2D eigenvalue weighted by molar-refractivity contribution is -0.139. The van der Waals surface area contributed by atoms with Gasteiger partial charge >= 0.3 is 5.97 Å². The van der Waals surface area contributed by atoms with Gasteiger partial charge in [-0.3, -0.25) is 10.1 Å². The molecule has 0 heterocycles. The number of benzene rings is 1. The van der Waals surface area contributed by atoms with Crippen LogP contribution in [-0.4, -0.2) is 31.3 Å². The molecular weight excluding hydrogens is 246 g/mol. The number of rotatable bonds is 7. The Bertz CT molecular complexity index is 433. The fourth-order valence-electron chi connectivity index (χ4n) is 1.75. The molecular formula is C14H21NO4. The number of ether oxygens (including phenoxy) is 2. The maximum absolute atomic E-state index is 11.4. The van der Waals surface area contributed by atoms with Crippen molar-refractivity contribution in [1.29, 1.82) is 0 Å². The molecule has 1 aromatic carbocycles. The second-order valence-electron chi connectivity index (χ2n) is 4.36. The van der Waals surface area contributed by atoms with Gasteiger partial charge in [0.15, 0.2) is 0 Å². The number of methoxy groups -OCH3 is 2. The minimum absolute atomic E-state index is 0.105. The van der Waals surface area contributed by atoms with E-state index >= 15 is 0 Å². The SMILES string of the molecule is CCC(C)NC(C(=O)O)c1ccc(OC)cc1OC. The number of hydrogen-bond acceptors (Lipinski definition) is 4. The van der Waals surface area contributed by atoms with Gasteiger partial charge in [0.2, 0.25) is 0 Å². The van der Waals surface area contributed by atoms with Gasteiger partial charge in [0.1, 0.15) is 17.5 Å². The van der Waals surface area contributed by atoms with Gasteiger partial charge in [-0.25, -0.2) is 0 Å². The van der Waals surface area contributed by atoms with E-state index in [0.717, 1.165) is 6.42 Å². The lowest BCUT2D eigenvalue weighted by atomic mass is 10.0. The Morgan fingerprint density at radius 1 is 1.37 bits per heavy atom. The van der Waals surface area contributed by atoms with Gasteiger partial charge in [-0.2, -0.15) is 0 Å². The molecule has 5 nitrogen and oxygen atoms in total. The van der Waals surface area contributed by atoms with E-state index in [1.807, 2.05) is 13.8 Å². The molecule has 0 aromatic heterocycles. The summed E-state index contributed by atoms with van der Waals surface area (Å²) in [6, 6.07) is 4.44. The van der Waals surface area contributed by atoms with Crippen molar-refractivity contribution < 1.29 is 19.4 Å². The van der Waals surface area contributed by atoms with Gasteiger partial charge in [-0.15, -0.1) is 0 Å². The first-order valence-corrected chi connectivity index (χ1v) is 6.24. The molecule has 5 heteroatoms. The molecule has 0 fully saturated rings. The van der Waals surface area contributed by atoms with E-state index in [1.54, 1.807) is 25.3 Å². The van der Waals surface area contributed by atoms with Crippen LogP contribution in [0.2, 0.25) is 0 Å². The molecule has 0 spiro atoms. The van der Waals surface area contributed by atoms with Crippen LogP contribution in [0, 0.1) is 0 Å². The van der Waals surface area contributed by atoms with Crippen molar-refractivity contribution in [3.8, 4) is 11.5 Å². The van der Waals surface area contributed by atoms with Crippen LogP contribution in [0.4, 0.5) is 0 Å². The maximum Gasteiger partial charge on any atom is 0.325 e. The van der Waals surface area contributed by atoms with E-state index in [-0.39, 0.29) is 6.04 Å². The molecule has 2 atom stereocenters. The second-order valence-corrected chi connectivity index (χ2v) is 4.36. The summed E-state index contributed by atoms with van der Waals surface area (Å²) < 4.78 is 10.4. The zero-order valence-corrected chi connectivity index (χ0v) is 11.8. The minimum atomic E-state index is -0.927. The van der Waals surface area contributed by atoms with Crippen molar-refractivity contribution in [1.82, 2.24) is 5.32 Å². The summed E-state index contributed by atoms with van der Waals surface area (Å²) in [5, 5.41) is 12.4. The summed E-state index contributed by atoms with van der Waals surface area (Å²) >= 11 is 0. The fourth-order valence-corrected chi connectivity index (χ4v) is 1.75. The van der Waals surface area contributed by atoms with Crippen LogP contribution in [-0.2, 0) is 4.79 Å². The van der Waals surface area contributed by atoms with E-state index in [2.05, 4.69) is 5.32 Å². The molecule has 0 amide bonds. The zero-order chi connectivity index (χ0) is 14.4. The monoisotopic (exact) mass is 267 g/mol. The lowest BCUT2D eigenvalue weighted by Gasteiger charge is -2.21. The van der Waals surface area contributed by atoms with Crippen molar-refractivity contribution in [2.45, 2.75) is 32.4 Å². The first kappa shape index (κ1) is 15.3. The highest BCUT2D eigenvalue weighted by atomic mass is 16.5. The average molecular weight is 267 g/mol. The van der Waals surface area contributed by atoms with Crippen molar-refractivity contribution in [2.75, 3.05) is 14.2 Å². The van der Waals surface area contributed by atoms with E-state index in [9.17, 15) is 9.90 Å². The van der Waals surface area contributed by atoms with Gasteiger partial charge < -0.3 is 14.6 Å². The molecule has 1 aromatic rings. The van der Waals surface area contributed by atoms with Gasteiger partial charge in [0.05, 0.1) is 14.2 Å². The van der Waals surface area contributed by atoms with Gasteiger partial charge in [-0.05, 0) is 25.5 Å². The molecule has 2 unspecified atom stereocenters. The summed E-state index contributed by atoms with van der Waals surface area (Å²) in [4.78, 5) is 11.4. The number of nitrogens with one attached hydrogen (secondary N) is 1. The van der Waals surface area contributed by atoms with Crippen LogP contribution in [0.3, 0.4) is 0 Å². The Kier molecular flexibility index (Phi) is 5.63. The van der Waals surface area contributed by atoms with Crippen molar-refractivity contribution in [2.24, 2.45) is 0 Å². The normalized spacial score (nSPS) is 13.7. The first-order chi connectivity index (χ1) is 9.03. The van der Waals surface area contributed by atoms with Gasteiger partial charge in [0.25, 0.3) is 0 Å². The standard InChI is InChI=1S/C14H21NO4/c1-5-9(2)15-13(14(16)17)11-7-6-10(18-3)8-12(11)19-4/h6-9,13,15H,5H2,1-4H3,(H,16,17). The molecule has 19 heavy (non-hydrogen) atoms. The molecule has 0 bridgehead atoms. The lowest BCUT2D eigenvalue weighted by Crippen LogP contribution is -2.35. The van der Waals surface area contributed by atoms with Gasteiger partial charge in [0, 0.05) is 17.7 Å². The van der Waals surface area contributed by atoms with Crippen LogP contribution in [0.25, 0.3) is 0 Å². The van der Waals surface area contributed by atoms with Crippen molar-refractivity contribution >= 4 is 5.97 Å². The molecule has 106 valence electrons. The fraction of sp³-hybridized carbons (Fsp3) is 0.500. The zero-order valence-electron chi connectivity index (χ0n) is 11.8. The van der Waals surface area contributed by atoms with Crippen molar-refractivity contribution in [3.63, 3.8) is 0 Å². The summed E-state index contributed by atoms with van der Waals surface area (Å²) in [6.07, 6.45) is 0.849. The average Bonchev–Trinajstić information content (AvgIpc) is 2.43. The molecule has 0 saturated heterocycles. The Balaban J connectivity index is 3.11. The maximum atomic E-state index is 11.4.